The van der Waals surface area contributed by atoms with Gasteiger partial charge in [-0.2, -0.15) is 13.2 Å². The van der Waals surface area contributed by atoms with Crippen LogP contribution in [0, 0.1) is 10.1 Å². The summed E-state index contributed by atoms with van der Waals surface area (Å²) in [5, 5.41) is 11.0. The number of halogens is 4. The third kappa shape index (κ3) is 2.97. The number of rotatable bonds is 2. The maximum atomic E-state index is 12.7. The van der Waals surface area contributed by atoms with E-state index in [-0.39, 0.29) is 21.9 Å². The highest BCUT2D eigenvalue weighted by molar-refractivity contribution is 8.14. The van der Waals surface area contributed by atoms with Crippen LogP contribution in [0.15, 0.2) is 29.2 Å². The summed E-state index contributed by atoms with van der Waals surface area (Å²) in [5.74, 6) is -2.08. The Bertz CT molecular complexity index is 1070. The fraction of sp³-hybridized carbons (Fsp3) is 0.214. The van der Waals surface area contributed by atoms with Gasteiger partial charge in [0.2, 0.25) is 0 Å². The van der Waals surface area contributed by atoms with E-state index >= 15 is 0 Å². The summed E-state index contributed by atoms with van der Waals surface area (Å²) in [5.41, 5.74) is -0.203. The second-order valence-corrected chi connectivity index (χ2v) is 8.10. The van der Waals surface area contributed by atoms with Crippen LogP contribution in [-0.2, 0) is 26.9 Å². The van der Waals surface area contributed by atoms with Crippen LogP contribution in [0.4, 0.5) is 18.9 Å². The van der Waals surface area contributed by atoms with Crippen molar-refractivity contribution in [1.82, 2.24) is 4.90 Å². The molecule has 3 rings (SSSR count). The molecule has 0 atom stereocenters. The van der Waals surface area contributed by atoms with Crippen molar-refractivity contribution in [2.45, 2.75) is 24.2 Å². The SMILES string of the molecule is O=C(N1Cc2cc(S(=O)(=O)Cl)c3c([N+](=O)[O-])cccc3c2C1)C(F)(F)F. The van der Waals surface area contributed by atoms with Gasteiger partial charge in [-0.15, -0.1) is 0 Å². The Morgan fingerprint density at radius 3 is 2.46 bits per heavy atom. The number of amides is 1. The van der Waals surface area contributed by atoms with Crippen molar-refractivity contribution >= 4 is 42.1 Å². The molecule has 7 nitrogen and oxygen atoms in total. The minimum Gasteiger partial charge on any atom is -0.326 e. The number of fused-ring (bicyclic) bond motifs is 3. The van der Waals surface area contributed by atoms with Crippen molar-refractivity contribution in [3.05, 3.63) is 45.5 Å². The van der Waals surface area contributed by atoms with E-state index in [0.717, 1.165) is 12.1 Å². The zero-order valence-electron chi connectivity index (χ0n) is 12.6. The van der Waals surface area contributed by atoms with Crippen molar-refractivity contribution in [3.8, 4) is 0 Å². The van der Waals surface area contributed by atoms with Gasteiger partial charge in [0, 0.05) is 29.8 Å². The van der Waals surface area contributed by atoms with Crippen LogP contribution in [0.3, 0.4) is 0 Å². The largest absolute Gasteiger partial charge is 0.471 e. The first-order valence-corrected chi connectivity index (χ1v) is 9.25. The third-order valence-electron chi connectivity index (χ3n) is 4.01. The van der Waals surface area contributed by atoms with E-state index < -0.39 is 49.7 Å². The van der Waals surface area contributed by atoms with E-state index in [1.54, 1.807) is 0 Å². The van der Waals surface area contributed by atoms with Gasteiger partial charge in [0.05, 0.1) is 15.2 Å². The molecular formula is C14H8ClF3N2O5S. The van der Waals surface area contributed by atoms with Crippen molar-refractivity contribution < 1.29 is 31.3 Å². The zero-order chi connectivity index (χ0) is 19.4. The average Bonchev–Trinajstić information content (AvgIpc) is 2.94. The fourth-order valence-electron chi connectivity index (χ4n) is 2.99. The Hall–Kier alpha value is -2.40. The number of carbonyl (C=O) groups is 1. The van der Waals surface area contributed by atoms with Crippen LogP contribution in [0.2, 0.25) is 0 Å². The second-order valence-electron chi connectivity index (χ2n) is 5.57. The van der Waals surface area contributed by atoms with Gasteiger partial charge in [-0.1, -0.05) is 12.1 Å². The van der Waals surface area contributed by atoms with E-state index in [1.807, 2.05) is 0 Å². The Morgan fingerprint density at radius 1 is 1.27 bits per heavy atom. The van der Waals surface area contributed by atoms with Crippen molar-refractivity contribution in [3.63, 3.8) is 0 Å². The smallest absolute Gasteiger partial charge is 0.326 e. The number of nitro groups is 1. The second kappa shape index (κ2) is 5.81. The molecule has 0 N–H and O–H groups in total. The Morgan fingerprint density at radius 2 is 1.92 bits per heavy atom. The number of nitrogens with zero attached hydrogens (tertiary/aromatic N) is 2. The number of hydrogen-bond donors (Lipinski definition) is 0. The van der Waals surface area contributed by atoms with Gasteiger partial charge < -0.3 is 4.90 Å². The lowest BCUT2D eigenvalue weighted by molar-refractivity contribution is -0.383. The van der Waals surface area contributed by atoms with Crippen LogP contribution in [-0.4, -0.2) is 30.3 Å². The summed E-state index contributed by atoms with van der Waals surface area (Å²) in [6.07, 6.45) is -5.09. The van der Waals surface area contributed by atoms with E-state index in [0.29, 0.717) is 4.90 Å². The molecule has 0 aliphatic carbocycles. The van der Waals surface area contributed by atoms with Gasteiger partial charge in [0.1, 0.15) is 0 Å². The number of non-ortho nitro benzene ring substituents is 1. The molecule has 138 valence electrons. The Labute approximate surface area is 148 Å². The van der Waals surface area contributed by atoms with E-state index in [2.05, 4.69) is 0 Å². The lowest BCUT2D eigenvalue weighted by Gasteiger charge is -2.16. The van der Waals surface area contributed by atoms with E-state index in [4.69, 9.17) is 10.7 Å². The maximum Gasteiger partial charge on any atom is 0.471 e. The summed E-state index contributed by atoms with van der Waals surface area (Å²) in [6, 6.07) is 4.67. The van der Waals surface area contributed by atoms with Crippen LogP contribution in [0.25, 0.3) is 10.8 Å². The van der Waals surface area contributed by atoms with Gasteiger partial charge >= 0.3 is 12.1 Å². The number of alkyl halides is 3. The molecule has 0 unspecified atom stereocenters. The predicted octanol–water partition coefficient (Wildman–Crippen LogP) is 3.08. The van der Waals surface area contributed by atoms with Crippen molar-refractivity contribution in [1.29, 1.82) is 0 Å². The molecule has 0 spiro atoms. The molecule has 12 heteroatoms. The summed E-state index contributed by atoms with van der Waals surface area (Å²) in [4.78, 5) is 21.8. The summed E-state index contributed by atoms with van der Waals surface area (Å²) >= 11 is 0. The van der Waals surface area contributed by atoms with Gasteiger partial charge in [-0.3, -0.25) is 14.9 Å². The third-order valence-corrected chi connectivity index (χ3v) is 5.35. The molecule has 0 saturated carbocycles. The molecule has 1 aliphatic rings. The highest BCUT2D eigenvalue weighted by Gasteiger charge is 2.44. The Balaban J connectivity index is 2.29. The topological polar surface area (TPSA) is 97.6 Å². The molecule has 0 aromatic heterocycles. The molecule has 0 saturated heterocycles. The first kappa shape index (κ1) is 18.4. The summed E-state index contributed by atoms with van der Waals surface area (Å²) in [7, 11) is 0.945. The molecular weight excluding hydrogens is 401 g/mol. The van der Waals surface area contributed by atoms with E-state index in [1.165, 1.54) is 12.1 Å². The minimum absolute atomic E-state index is 0.0633. The first-order chi connectivity index (χ1) is 11.9. The van der Waals surface area contributed by atoms with Crippen molar-refractivity contribution in [2.24, 2.45) is 0 Å². The normalized spacial score (nSPS) is 14.5. The number of carbonyl (C=O) groups excluding carboxylic acids is 1. The van der Waals surface area contributed by atoms with Crippen LogP contribution < -0.4 is 0 Å². The van der Waals surface area contributed by atoms with Gasteiger partial charge in [0.15, 0.2) is 0 Å². The standard InChI is InChI=1S/C14H8ClF3N2O5S/c15-26(24,25)11-4-7-5-19(13(21)14(16,17)18)6-9(7)8-2-1-3-10(12(8)11)20(22)23/h1-4H,5-6H2. The lowest BCUT2D eigenvalue weighted by Crippen LogP contribution is -2.37. The fourth-order valence-corrected chi connectivity index (χ4v) is 4.10. The van der Waals surface area contributed by atoms with Gasteiger partial charge in [0.25, 0.3) is 14.7 Å². The van der Waals surface area contributed by atoms with Crippen molar-refractivity contribution in [2.75, 3.05) is 0 Å². The molecule has 1 amide bonds. The number of hydrogen-bond acceptors (Lipinski definition) is 5. The number of nitro benzene ring substituents is 1. The minimum atomic E-state index is -5.09. The van der Waals surface area contributed by atoms with Gasteiger partial charge in [-0.25, -0.2) is 8.42 Å². The number of benzene rings is 2. The first-order valence-electron chi connectivity index (χ1n) is 6.94. The molecule has 1 heterocycles. The molecule has 2 aromatic carbocycles. The van der Waals surface area contributed by atoms with Crippen LogP contribution in [0.1, 0.15) is 11.1 Å². The van der Waals surface area contributed by atoms with Crippen LogP contribution >= 0.6 is 10.7 Å². The highest BCUT2D eigenvalue weighted by atomic mass is 35.7. The molecule has 2 aromatic rings. The molecule has 26 heavy (non-hydrogen) atoms. The van der Waals surface area contributed by atoms with E-state index in [9.17, 15) is 36.5 Å². The highest BCUT2D eigenvalue weighted by Crippen LogP contribution is 2.40. The van der Waals surface area contributed by atoms with Gasteiger partial charge in [-0.05, 0) is 22.6 Å². The maximum absolute atomic E-state index is 12.7. The van der Waals surface area contributed by atoms with Crippen LogP contribution in [0.5, 0.6) is 0 Å². The molecule has 0 radical (unpaired) electrons. The zero-order valence-corrected chi connectivity index (χ0v) is 14.2. The predicted molar refractivity (Wildman–Crippen MR) is 84.0 cm³/mol. The monoisotopic (exact) mass is 408 g/mol. The average molecular weight is 409 g/mol. The lowest BCUT2D eigenvalue weighted by atomic mass is 10.00. The molecule has 1 aliphatic heterocycles. The Kier molecular flexibility index (Phi) is 4.11. The summed E-state index contributed by atoms with van der Waals surface area (Å²) < 4.78 is 61.8. The summed E-state index contributed by atoms with van der Waals surface area (Å²) in [6.45, 7) is -0.931. The molecule has 0 fully saturated rings. The quantitative estimate of drug-likeness (QED) is 0.432. The molecule has 0 bridgehead atoms.